The third-order valence-corrected chi connectivity index (χ3v) is 5.99. The minimum absolute atomic E-state index is 0.0888. The molecule has 3 N–H and O–H groups in total. The number of aliphatic hydroxyl groups excluding tert-OH is 1. The first-order chi connectivity index (χ1) is 17.4. The number of nitrogens with one attached hydrogen (secondary N) is 1. The summed E-state index contributed by atoms with van der Waals surface area (Å²) in [7, 11) is 1.49. The van der Waals surface area contributed by atoms with E-state index in [1.54, 1.807) is 55.5 Å². The number of hydrogen-bond acceptors (Lipinski definition) is 7. The van der Waals surface area contributed by atoms with Crippen molar-refractivity contribution in [3.05, 3.63) is 83.4 Å². The number of para-hydroxylation sites is 2. The Morgan fingerprint density at radius 3 is 2.64 bits per heavy atom. The number of carbonyl (C=O) groups excluding carboxylic acids is 2. The molecular weight excluding hydrogens is 462 g/mol. The zero-order valence-electron chi connectivity index (χ0n) is 19.6. The van der Waals surface area contributed by atoms with E-state index in [0.29, 0.717) is 34.5 Å². The van der Waals surface area contributed by atoms with Gasteiger partial charge in [-0.1, -0.05) is 30.3 Å². The molecule has 0 spiro atoms. The summed E-state index contributed by atoms with van der Waals surface area (Å²) in [5.41, 5.74) is 1.93. The maximum absolute atomic E-state index is 13.4. The van der Waals surface area contributed by atoms with Crippen LogP contribution in [0, 0.1) is 0 Å². The second-order valence-corrected chi connectivity index (χ2v) is 8.14. The molecule has 182 valence electrons. The predicted molar refractivity (Wildman–Crippen MR) is 133 cm³/mol. The van der Waals surface area contributed by atoms with Crippen LogP contribution < -0.4 is 14.4 Å². The number of phenolic OH excluding ortho intramolecular Hbond substituents is 1. The van der Waals surface area contributed by atoms with Gasteiger partial charge in [-0.25, -0.2) is 4.98 Å². The third kappa shape index (κ3) is 3.80. The molecule has 1 unspecified atom stereocenters. The molecular formula is C27H23N3O6. The van der Waals surface area contributed by atoms with Crippen LogP contribution in [0.5, 0.6) is 17.2 Å². The maximum atomic E-state index is 13.4. The molecule has 36 heavy (non-hydrogen) atoms. The van der Waals surface area contributed by atoms with Gasteiger partial charge in [0.2, 0.25) is 5.95 Å². The van der Waals surface area contributed by atoms with E-state index in [0.717, 1.165) is 0 Å². The van der Waals surface area contributed by atoms with Gasteiger partial charge in [-0.05, 0) is 48.9 Å². The molecule has 1 aliphatic heterocycles. The highest BCUT2D eigenvalue weighted by Gasteiger charge is 2.48. The highest BCUT2D eigenvalue weighted by molar-refractivity contribution is 6.51. The van der Waals surface area contributed by atoms with Crippen molar-refractivity contribution in [1.29, 1.82) is 0 Å². The van der Waals surface area contributed by atoms with Crippen LogP contribution >= 0.6 is 0 Å². The van der Waals surface area contributed by atoms with Gasteiger partial charge < -0.3 is 24.7 Å². The molecule has 0 bridgehead atoms. The van der Waals surface area contributed by atoms with Gasteiger partial charge >= 0.3 is 5.91 Å². The van der Waals surface area contributed by atoms with Crippen molar-refractivity contribution in [2.45, 2.75) is 13.0 Å². The van der Waals surface area contributed by atoms with Crippen molar-refractivity contribution in [3.8, 4) is 17.2 Å². The first-order valence-corrected chi connectivity index (χ1v) is 11.3. The lowest BCUT2D eigenvalue weighted by Crippen LogP contribution is -2.30. The number of rotatable bonds is 6. The quantitative estimate of drug-likeness (QED) is 0.211. The highest BCUT2D eigenvalue weighted by Crippen LogP contribution is 2.43. The highest BCUT2D eigenvalue weighted by atomic mass is 16.5. The lowest BCUT2D eigenvalue weighted by molar-refractivity contribution is -0.132. The van der Waals surface area contributed by atoms with Crippen LogP contribution in [0.3, 0.4) is 0 Å². The van der Waals surface area contributed by atoms with E-state index in [1.165, 1.54) is 18.1 Å². The lowest BCUT2D eigenvalue weighted by Gasteiger charge is -2.23. The Hall–Kier alpha value is -4.79. The van der Waals surface area contributed by atoms with Crippen LogP contribution in [-0.2, 0) is 9.59 Å². The van der Waals surface area contributed by atoms with Crippen LogP contribution in [0.4, 0.5) is 5.95 Å². The molecule has 0 aliphatic carbocycles. The molecule has 2 heterocycles. The number of anilines is 1. The van der Waals surface area contributed by atoms with E-state index in [4.69, 9.17) is 9.47 Å². The van der Waals surface area contributed by atoms with Gasteiger partial charge in [-0.3, -0.25) is 14.5 Å². The van der Waals surface area contributed by atoms with Crippen molar-refractivity contribution in [3.63, 3.8) is 0 Å². The number of aliphatic hydroxyl groups is 1. The summed E-state index contributed by atoms with van der Waals surface area (Å²) in [5.74, 6) is -1.35. The number of phenols is 1. The smallest absolute Gasteiger partial charge is 0.302 e. The number of fused-ring (bicyclic) bond motifs is 1. The Morgan fingerprint density at radius 1 is 1.08 bits per heavy atom. The number of aromatic nitrogens is 2. The van der Waals surface area contributed by atoms with Crippen LogP contribution in [0.1, 0.15) is 24.1 Å². The monoisotopic (exact) mass is 485 g/mol. The molecule has 1 amide bonds. The Kier molecular flexibility index (Phi) is 5.81. The van der Waals surface area contributed by atoms with Crippen LogP contribution in [0.15, 0.2) is 72.3 Å². The van der Waals surface area contributed by atoms with E-state index in [9.17, 15) is 19.8 Å². The summed E-state index contributed by atoms with van der Waals surface area (Å²) >= 11 is 0. The number of amides is 1. The molecule has 3 aromatic carbocycles. The second-order valence-electron chi connectivity index (χ2n) is 8.14. The van der Waals surface area contributed by atoms with E-state index in [1.807, 2.05) is 12.1 Å². The summed E-state index contributed by atoms with van der Waals surface area (Å²) in [6.07, 6.45) is 0. The van der Waals surface area contributed by atoms with E-state index in [2.05, 4.69) is 9.97 Å². The number of Topliss-reactive ketones (excluding diaryl/α,β-unsaturated/α-hetero) is 1. The van der Waals surface area contributed by atoms with Crippen LogP contribution in [0.2, 0.25) is 0 Å². The number of methoxy groups -OCH3 is 1. The third-order valence-electron chi connectivity index (χ3n) is 5.99. The Bertz CT molecular complexity index is 1490. The molecule has 1 saturated heterocycles. The number of aromatic hydroxyl groups is 1. The summed E-state index contributed by atoms with van der Waals surface area (Å²) in [6, 6.07) is 17.3. The molecule has 1 fully saturated rings. The standard InChI is InChI=1S/C27H23N3O6/c1-3-36-21-14-15(11-12-20(21)31)23-22(24(32)16-7-6-8-17(13-16)35-2)25(33)26(34)30(23)27-28-18-9-4-5-10-19(18)29-27/h4-14,23,31-32H,3H2,1-2H3,(H,28,29)/b24-22+. The van der Waals surface area contributed by atoms with Crippen molar-refractivity contribution in [2.75, 3.05) is 18.6 Å². The van der Waals surface area contributed by atoms with Crippen molar-refractivity contribution < 1.29 is 29.3 Å². The number of imidazole rings is 1. The summed E-state index contributed by atoms with van der Waals surface area (Å²) < 4.78 is 10.8. The first kappa shape index (κ1) is 23.0. The van der Waals surface area contributed by atoms with Gasteiger partial charge in [0.15, 0.2) is 11.5 Å². The first-order valence-electron chi connectivity index (χ1n) is 11.3. The number of hydrogen-bond donors (Lipinski definition) is 3. The summed E-state index contributed by atoms with van der Waals surface area (Å²) in [5, 5.41) is 21.5. The van der Waals surface area contributed by atoms with Crippen LogP contribution in [-0.4, -0.2) is 45.6 Å². The molecule has 0 saturated carbocycles. The average molecular weight is 485 g/mol. The van der Waals surface area contributed by atoms with Gasteiger partial charge in [0.1, 0.15) is 11.5 Å². The largest absolute Gasteiger partial charge is 0.507 e. The summed E-state index contributed by atoms with van der Waals surface area (Å²) in [4.78, 5) is 35.6. The Morgan fingerprint density at radius 2 is 1.89 bits per heavy atom. The molecule has 1 atom stereocenters. The second kappa shape index (κ2) is 9.10. The Labute approximate surface area is 206 Å². The van der Waals surface area contributed by atoms with Gasteiger partial charge in [-0.2, -0.15) is 0 Å². The molecule has 0 radical (unpaired) electrons. The number of ketones is 1. The zero-order valence-corrected chi connectivity index (χ0v) is 19.6. The van der Waals surface area contributed by atoms with Gasteiger partial charge in [0.05, 0.1) is 36.4 Å². The maximum Gasteiger partial charge on any atom is 0.302 e. The fourth-order valence-corrected chi connectivity index (χ4v) is 4.32. The fourth-order valence-electron chi connectivity index (χ4n) is 4.32. The number of carbonyl (C=O) groups is 2. The minimum Gasteiger partial charge on any atom is -0.507 e. The van der Waals surface area contributed by atoms with Crippen molar-refractivity contribution in [1.82, 2.24) is 9.97 Å². The van der Waals surface area contributed by atoms with Gasteiger partial charge in [-0.15, -0.1) is 0 Å². The summed E-state index contributed by atoms with van der Waals surface area (Å²) in [6.45, 7) is 2.07. The molecule has 1 aliphatic rings. The fraction of sp³-hybridized carbons (Fsp3) is 0.148. The topological polar surface area (TPSA) is 125 Å². The van der Waals surface area contributed by atoms with Gasteiger partial charge in [0.25, 0.3) is 5.78 Å². The molecule has 9 nitrogen and oxygen atoms in total. The Balaban J connectivity index is 1.74. The van der Waals surface area contributed by atoms with Gasteiger partial charge in [0, 0.05) is 5.56 Å². The van der Waals surface area contributed by atoms with E-state index < -0.39 is 17.7 Å². The van der Waals surface area contributed by atoms with E-state index in [-0.39, 0.29) is 28.8 Å². The minimum atomic E-state index is -1.04. The molecule has 4 aromatic rings. The SMILES string of the molecule is CCOc1cc(C2/C(=C(\O)c3cccc(OC)c3)C(=O)C(=O)N2c2nc3ccccc3[nH]2)ccc1O. The number of aromatic amines is 1. The molecule has 5 rings (SSSR count). The lowest BCUT2D eigenvalue weighted by atomic mass is 9.95. The van der Waals surface area contributed by atoms with Crippen LogP contribution in [0.25, 0.3) is 16.8 Å². The normalized spacial score (nSPS) is 17.1. The molecule has 9 heteroatoms. The zero-order chi connectivity index (χ0) is 25.4. The molecule has 1 aromatic heterocycles. The predicted octanol–water partition coefficient (Wildman–Crippen LogP) is 4.30. The van der Waals surface area contributed by atoms with E-state index >= 15 is 0 Å². The number of ether oxygens (including phenoxy) is 2. The number of nitrogens with zero attached hydrogens (tertiary/aromatic N) is 2. The average Bonchev–Trinajstić information content (AvgIpc) is 3.43. The number of H-pyrrole nitrogens is 1. The van der Waals surface area contributed by atoms with Crippen molar-refractivity contribution in [2.24, 2.45) is 0 Å². The van der Waals surface area contributed by atoms with Crippen molar-refractivity contribution >= 4 is 34.4 Å². The number of benzene rings is 3.